The van der Waals surface area contributed by atoms with E-state index in [0.29, 0.717) is 0 Å². The van der Waals surface area contributed by atoms with Gasteiger partial charge in [-0.1, -0.05) is 23.5 Å². The van der Waals surface area contributed by atoms with Gasteiger partial charge in [0.25, 0.3) is 0 Å². The third-order valence-electron chi connectivity index (χ3n) is 2.37. The maximum absolute atomic E-state index is 3.25. The van der Waals surface area contributed by atoms with Crippen LogP contribution in [0.4, 0.5) is 0 Å². The number of benzene rings is 1. The fraction of sp³-hybridized carbons (Fsp3) is 0. The third kappa shape index (κ3) is 1.56. The van der Waals surface area contributed by atoms with E-state index in [0.717, 1.165) is 0 Å². The van der Waals surface area contributed by atoms with Crippen molar-refractivity contribution in [1.82, 2.24) is 0 Å². The topological polar surface area (TPSA) is 0 Å². The maximum Gasteiger partial charge on any atom is 0.194 e. The standard InChI is InChI=1S/C12H5I2S/c13-9-5-1-3-7-8-4-2-6-10(14)12(8)15-11(7)9/h1-5H/q+1. The summed E-state index contributed by atoms with van der Waals surface area (Å²) in [5.74, 6) is 0. The van der Waals surface area contributed by atoms with Crippen LogP contribution in [0.5, 0.6) is 0 Å². The van der Waals surface area contributed by atoms with Gasteiger partial charge in [0.1, 0.15) is 11.6 Å². The molecule has 0 amide bonds. The molecule has 0 atom stereocenters. The van der Waals surface area contributed by atoms with Crippen molar-refractivity contribution < 1.29 is 0 Å². The zero-order valence-corrected chi connectivity index (χ0v) is 12.7. The molecule has 0 spiro atoms. The monoisotopic (exact) mass is 435 g/mol. The molecule has 0 nitrogen and oxygen atoms in total. The van der Waals surface area contributed by atoms with Crippen LogP contribution >= 0.6 is 56.5 Å². The number of halogens is 2. The first-order valence-corrected chi connectivity index (χ1v) is 7.41. The minimum absolute atomic E-state index is 1.22. The first kappa shape index (κ1) is 10.2. The van der Waals surface area contributed by atoms with Crippen molar-refractivity contribution in [3.05, 3.63) is 44.4 Å². The van der Waals surface area contributed by atoms with Crippen LogP contribution in [0, 0.1) is 9.65 Å². The number of allylic oxidation sites excluding steroid dienone is 2. The van der Waals surface area contributed by atoms with Crippen LogP contribution in [0.1, 0.15) is 10.4 Å². The molecule has 0 saturated heterocycles. The molecule has 3 heteroatoms. The molecule has 2 aromatic rings. The fourth-order valence-corrected chi connectivity index (χ4v) is 4.42. The Morgan fingerprint density at radius 3 is 2.93 bits per heavy atom. The Bertz CT molecular complexity index is 605. The quantitative estimate of drug-likeness (QED) is 0.399. The lowest BCUT2D eigenvalue weighted by molar-refractivity contribution is 1.75. The Morgan fingerprint density at radius 2 is 2.07 bits per heavy atom. The minimum Gasteiger partial charge on any atom is -0.0627 e. The van der Waals surface area contributed by atoms with Gasteiger partial charge < -0.3 is 0 Å². The van der Waals surface area contributed by atoms with E-state index in [1.807, 2.05) is 17.4 Å². The summed E-state index contributed by atoms with van der Waals surface area (Å²) in [5, 5.41) is 1.37. The van der Waals surface area contributed by atoms with E-state index >= 15 is 0 Å². The molecule has 0 unspecified atom stereocenters. The first-order chi connectivity index (χ1) is 7.27. The van der Waals surface area contributed by atoms with Gasteiger partial charge in [-0.3, -0.25) is 0 Å². The highest BCUT2D eigenvalue weighted by atomic mass is 127. The predicted octanol–water partition coefficient (Wildman–Crippen LogP) is 5.11. The molecular weight excluding hydrogens is 430 g/mol. The van der Waals surface area contributed by atoms with Crippen LogP contribution in [0.15, 0.2) is 24.3 Å². The van der Waals surface area contributed by atoms with E-state index in [1.165, 1.54) is 27.7 Å². The number of hydrogen-bond donors (Lipinski definition) is 0. The molecule has 0 aliphatic heterocycles. The van der Waals surface area contributed by atoms with Gasteiger partial charge in [0.2, 0.25) is 0 Å². The zero-order valence-electron chi connectivity index (χ0n) is 7.55. The van der Waals surface area contributed by atoms with E-state index in [9.17, 15) is 0 Å². The second-order valence-electron chi connectivity index (χ2n) is 3.25. The van der Waals surface area contributed by atoms with E-state index in [-0.39, 0.29) is 0 Å². The summed E-state index contributed by atoms with van der Waals surface area (Å²) in [4.78, 5) is 1.36. The Balaban J connectivity index is 2.48. The van der Waals surface area contributed by atoms with Crippen molar-refractivity contribution >= 4 is 76.3 Å². The SMILES string of the molecule is IC1=[C+]C=Cc2c1sc1c(I)cccc21. The van der Waals surface area contributed by atoms with Crippen LogP contribution in [0.25, 0.3) is 19.7 Å². The van der Waals surface area contributed by atoms with Gasteiger partial charge in [-0.25, -0.2) is 0 Å². The summed E-state index contributed by atoms with van der Waals surface area (Å²) in [7, 11) is 0. The van der Waals surface area contributed by atoms with Crippen molar-refractivity contribution in [3.8, 4) is 0 Å². The van der Waals surface area contributed by atoms with Crippen molar-refractivity contribution in [2.75, 3.05) is 0 Å². The molecule has 1 aromatic heterocycles. The molecule has 0 bridgehead atoms. The lowest BCUT2D eigenvalue weighted by atomic mass is 10.1. The van der Waals surface area contributed by atoms with Crippen LogP contribution < -0.4 is 0 Å². The molecule has 1 heterocycles. The summed E-state index contributed by atoms with van der Waals surface area (Å²) in [6.45, 7) is 0. The Morgan fingerprint density at radius 1 is 1.20 bits per heavy atom. The van der Waals surface area contributed by atoms with Crippen molar-refractivity contribution in [2.24, 2.45) is 0 Å². The van der Waals surface area contributed by atoms with E-state index < -0.39 is 0 Å². The largest absolute Gasteiger partial charge is 0.194 e. The summed E-state index contributed by atoms with van der Waals surface area (Å²) in [5.41, 5.74) is 1.36. The Labute approximate surface area is 119 Å². The number of rotatable bonds is 0. The average molecular weight is 435 g/mol. The molecule has 0 saturated carbocycles. The molecule has 72 valence electrons. The van der Waals surface area contributed by atoms with E-state index in [4.69, 9.17) is 0 Å². The number of hydrogen-bond acceptors (Lipinski definition) is 1. The Hall–Kier alpha value is 0.0300. The minimum atomic E-state index is 1.22. The van der Waals surface area contributed by atoms with Gasteiger partial charge in [-0.15, -0.1) is 0 Å². The maximum atomic E-state index is 3.25. The molecular formula is C12H5I2S+. The van der Waals surface area contributed by atoms with Gasteiger partial charge in [-0.05, 0) is 28.7 Å². The molecule has 1 aliphatic carbocycles. The summed E-state index contributed by atoms with van der Waals surface area (Å²) in [6.07, 6.45) is 7.42. The number of thiophene rings is 1. The zero-order chi connectivity index (χ0) is 10.4. The summed E-state index contributed by atoms with van der Waals surface area (Å²) >= 11 is 6.63. The van der Waals surface area contributed by atoms with Gasteiger partial charge >= 0.3 is 0 Å². The molecule has 1 aliphatic rings. The fourth-order valence-electron chi connectivity index (χ4n) is 1.70. The predicted molar refractivity (Wildman–Crippen MR) is 84.2 cm³/mol. The average Bonchev–Trinajstić information content (AvgIpc) is 2.60. The van der Waals surface area contributed by atoms with Gasteiger partial charge in [0, 0.05) is 31.5 Å². The highest BCUT2D eigenvalue weighted by molar-refractivity contribution is 14.1. The molecule has 0 N–H and O–H groups in total. The van der Waals surface area contributed by atoms with Crippen molar-refractivity contribution in [3.63, 3.8) is 0 Å². The second-order valence-corrected chi connectivity index (χ2v) is 6.51. The van der Waals surface area contributed by atoms with Gasteiger partial charge in [0.05, 0.1) is 16.9 Å². The third-order valence-corrected chi connectivity index (χ3v) is 6.12. The lowest BCUT2D eigenvalue weighted by Crippen LogP contribution is -1.80. The normalized spacial score (nSPS) is 13.6. The van der Waals surface area contributed by atoms with Gasteiger partial charge in [0.15, 0.2) is 8.46 Å². The molecule has 1 aromatic carbocycles. The molecule has 3 rings (SSSR count). The molecule has 15 heavy (non-hydrogen) atoms. The molecule has 0 fully saturated rings. The van der Waals surface area contributed by atoms with Crippen LogP contribution in [0.3, 0.4) is 0 Å². The van der Waals surface area contributed by atoms with Crippen molar-refractivity contribution in [2.45, 2.75) is 0 Å². The Kier molecular flexibility index (Phi) is 2.59. The van der Waals surface area contributed by atoms with Crippen LogP contribution in [-0.4, -0.2) is 0 Å². The molecule has 0 radical (unpaired) electrons. The van der Waals surface area contributed by atoms with Gasteiger partial charge in [-0.2, -0.15) is 0 Å². The van der Waals surface area contributed by atoms with Crippen LogP contribution in [-0.2, 0) is 0 Å². The first-order valence-electron chi connectivity index (χ1n) is 4.44. The van der Waals surface area contributed by atoms with E-state index in [1.54, 1.807) is 0 Å². The smallest absolute Gasteiger partial charge is 0.0627 e. The highest BCUT2D eigenvalue weighted by Crippen LogP contribution is 2.42. The summed E-state index contributed by atoms with van der Waals surface area (Å²) in [6, 6.07) is 6.49. The van der Waals surface area contributed by atoms with E-state index in [2.05, 4.69) is 75.5 Å². The second kappa shape index (κ2) is 3.80. The number of fused-ring (bicyclic) bond motifs is 3. The summed E-state index contributed by atoms with van der Waals surface area (Å²) < 4.78 is 3.95. The lowest BCUT2D eigenvalue weighted by Gasteiger charge is -1.92. The van der Waals surface area contributed by atoms with Crippen molar-refractivity contribution in [1.29, 1.82) is 0 Å². The van der Waals surface area contributed by atoms with Crippen LogP contribution in [0.2, 0.25) is 0 Å². The highest BCUT2D eigenvalue weighted by Gasteiger charge is 2.23.